The van der Waals surface area contributed by atoms with Gasteiger partial charge in [0.2, 0.25) is 5.91 Å². The van der Waals surface area contributed by atoms with Crippen molar-refractivity contribution in [2.75, 3.05) is 19.6 Å². The van der Waals surface area contributed by atoms with Gasteiger partial charge in [-0.2, -0.15) is 0 Å². The third kappa shape index (κ3) is 4.11. The number of hydrogen-bond donors (Lipinski definition) is 1. The van der Waals surface area contributed by atoms with E-state index >= 15 is 0 Å². The summed E-state index contributed by atoms with van der Waals surface area (Å²) < 4.78 is 2.06. The summed E-state index contributed by atoms with van der Waals surface area (Å²) in [5.74, 6) is 6.29. The van der Waals surface area contributed by atoms with E-state index in [4.69, 9.17) is 0 Å². The first-order chi connectivity index (χ1) is 13.7. The maximum atomic E-state index is 12.3. The predicted molar refractivity (Wildman–Crippen MR) is 113 cm³/mol. The minimum Gasteiger partial charge on any atom is -0.350 e. The van der Waals surface area contributed by atoms with E-state index in [0.717, 1.165) is 42.5 Å². The van der Waals surface area contributed by atoms with E-state index in [9.17, 15) is 4.79 Å². The van der Waals surface area contributed by atoms with Crippen LogP contribution in [-0.2, 0) is 31.2 Å². The Hall–Kier alpha value is -3.03. The average Bonchev–Trinajstić information content (AvgIpc) is 3.03. The molecule has 142 valence electrons. The smallest absolute Gasteiger partial charge is 0.225 e. The van der Waals surface area contributed by atoms with Crippen LogP contribution in [0.3, 0.4) is 0 Å². The highest BCUT2D eigenvalue weighted by Crippen LogP contribution is 2.20. The van der Waals surface area contributed by atoms with E-state index in [2.05, 4.69) is 63.0 Å². The molecule has 3 aromatic rings. The lowest BCUT2D eigenvalue weighted by atomic mass is 10.0. The van der Waals surface area contributed by atoms with E-state index in [1.54, 1.807) is 0 Å². The standard InChI is InChI=1S/C24H25N3O/c1-26-17-21(22-10-4-5-11-23(22)26)16-24(28)25-13-6-7-14-27-15-12-19-8-2-3-9-20(19)18-27/h2-5,8-11,17H,12-16,18H2,1H3,(H,25,28). The maximum absolute atomic E-state index is 12.3. The Morgan fingerprint density at radius 3 is 2.75 bits per heavy atom. The van der Waals surface area contributed by atoms with Crippen LogP contribution in [0.2, 0.25) is 0 Å². The molecule has 0 spiro atoms. The quantitative estimate of drug-likeness (QED) is 0.716. The third-order valence-corrected chi connectivity index (χ3v) is 5.34. The van der Waals surface area contributed by atoms with Gasteiger partial charge in [0, 0.05) is 37.2 Å². The fraction of sp³-hybridized carbons (Fsp3) is 0.292. The Labute approximate surface area is 166 Å². The van der Waals surface area contributed by atoms with Crippen LogP contribution in [0, 0.1) is 11.8 Å². The molecular formula is C24H25N3O. The molecule has 1 aromatic heterocycles. The van der Waals surface area contributed by atoms with Gasteiger partial charge in [0.25, 0.3) is 0 Å². The number of para-hydroxylation sites is 1. The second-order valence-electron chi connectivity index (χ2n) is 7.32. The number of aromatic nitrogens is 1. The van der Waals surface area contributed by atoms with Crippen LogP contribution in [0.5, 0.6) is 0 Å². The molecule has 4 heteroatoms. The molecule has 0 fully saturated rings. The first kappa shape index (κ1) is 18.3. The van der Waals surface area contributed by atoms with Crippen molar-refractivity contribution in [2.24, 2.45) is 7.05 Å². The summed E-state index contributed by atoms with van der Waals surface area (Å²) in [6, 6.07) is 16.8. The molecule has 0 radical (unpaired) electrons. The fourth-order valence-corrected chi connectivity index (χ4v) is 3.86. The summed E-state index contributed by atoms with van der Waals surface area (Å²) in [7, 11) is 2.01. The third-order valence-electron chi connectivity index (χ3n) is 5.34. The van der Waals surface area contributed by atoms with Crippen molar-refractivity contribution in [3.05, 3.63) is 71.4 Å². The van der Waals surface area contributed by atoms with Gasteiger partial charge in [-0.05, 0) is 29.2 Å². The monoisotopic (exact) mass is 371 g/mol. The highest BCUT2D eigenvalue weighted by Gasteiger charge is 2.14. The molecule has 0 aliphatic carbocycles. The van der Waals surface area contributed by atoms with Crippen molar-refractivity contribution < 1.29 is 4.79 Å². The van der Waals surface area contributed by atoms with E-state index in [1.807, 2.05) is 25.4 Å². The molecule has 0 unspecified atom stereocenters. The number of carbonyl (C=O) groups is 1. The minimum absolute atomic E-state index is 0.0116. The molecule has 0 saturated heterocycles. The summed E-state index contributed by atoms with van der Waals surface area (Å²) in [4.78, 5) is 14.6. The first-order valence-corrected chi connectivity index (χ1v) is 9.75. The Morgan fingerprint density at radius 1 is 1.07 bits per heavy atom. The van der Waals surface area contributed by atoms with Gasteiger partial charge >= 0.3 is 0 Å². The van der Waals surface area contributed by atoms with Crippen LogP contribution in [0.4, 0.5) is 0 Å². The first-order valence-electron chi connectivity index (χ1n) is 9.75. The van der Waals surface area contributed by atoms with Gasteiger partial charge in [0.05, 0.1) is 19.5 Å². The number of amides is 1. The van der Waals surface area contributed by atoms with Crippen LogP contribution in [0.25, 0.3) is 10.9 Å². The van der Waals surface area contributed by atoms with Crippen molar-refractivity contribution >= 4 is 16.8 Å². The molecule has 2 heterocycles. The molecule has 4 nitrogen and oxygen atoms in total. The topological polar surface area (TPSA) is 37.3 Å². The van der Waals surface area contributed by atoms with Gasteiger partial charge in [-0.1, -0.05) is 54.3 Å². The summed E-state index contributed by atoms with van der Waals surface area (Å²) in [5.41, 5.74) is 5.05. The van der Waals surface area contributed by atoms with Crippen molar-refractivity contribution in [2.45, 2.75) is 19.4 Å². The van der Waals surface area contributed by atoms with Gasteiger partial charge in [-0.25, -0.2) is 0 Å². The largest absolute Gasteiger partial charge is 0.350 e. The molecule has 1 amide bonds. The molecular weight excluding hydrogens is 346 g/mol. The predicted octanol–water partition coefficient (Wildman–Crippen LogP) is 2.90. The summed E-state index contributed by atoms with van der Waals surface area (Å²) in [5, 5.41) is 4.05. The number of fused-ring (bicyclic) bond motifs is 2. The molecule has 1 aliphatic heterocycles. The van der Waals surface area contributed by atoms with Gasteiger partial charge in [-0.3, -0.25) is 9.69 Å². The molecule has 28 heavy (non-hydrogen) atoms. The number of benzene rings is 2. The zero-order chi connectivity index (χ0) is 19.3. The minimum atomic E-state index is 0.0116. The lowest BCUT2D eigenvalue weighted by Gasteiger charge is -2.26. The normalized spacial score (nSPS) is 13.6. The van der Waals surface area contributed by atoms with E-state index in [-0.39, 0.29) is 5.91 Å². The van der Waals surface area contributed by atoms with Crippen LogP contribution < -0.4 is 5.32 Å². The van der Waals surface area contributed by atoms with Crippen molar-refractivity contribution in [1.29, 1.82) is 0 Å². The Kier molecular flexibility index (Phi) is 5.45. The molecule has 1 N–H and O–H groups in total. The zero-order valence-electron chi connectivity index (χ0n) is 16.2. The molecule has 0 bridgehead atoms. The van der Waals surface area contributed by atoms with Crippen LogP contribution >= 0.6 is 0 Å². The number of carbonyl (C=O) groups excluding carboxylic acids is 1. The van der Waals surface area contributed by atoms with Crippen molar-refractivity contribution in [3.8, 4) is 11.8 Å². The second-order valence-corrected chi connectivity index (χ2v) is 7.32. The Balaban J connectivity index is 1.25. The van der Waals surface area contributed by atoms with Crippen molar-refractivity contribution in [1.82, 2.24) is 14.8 Å². The summed E-state index contributed by atoms with van der Waals surface area (Å²) in [6.07, 6.45) is 3.50. The highest BCUT2D eigenvalue weighted by atomic mass is 16.1. The zero-order valence-corrected chi connectivity index (χ0v) is 16.2. The van der Waals surface area contributed by atoms with Crippen LogP contribution in [0.1, 0.15) is 16.7 Å². The number of hydrogen-bond acceptors (Lipinski definition) is 2. The number of nitrogens with zero attached hydrogens (tertiary/aromatic N) is 2. The number of rotatable bonds is 4. The van der Waals surface area contributed by atoms with Crippen LogP contribution in [-0.4, -0.2) is 35.0 Å². The fourth-order valence-electron chi connectivity index (χ4n) is 3.86. The SMILES string of the molecule is Cn1cc(CC(=O)NCC#CCN2CCc3ccccc3C2)c2ccccc21. The maximum Gasteiger partial charge on any atom is 0.225 e. The van der Waals surface area contributed by atoms with Gasteiger partial charge in [0.1, 0.15) is 0 Å². The van der Waals surface area contributed by atoms with Crippen molar-refractivity contribution in [3.63, 3.8) is 0 Å². The number of aryl methyl sites for hydroxylation is 1. The van der Waals surface area contributed by atoms with E-state index in [0.29, 0.717) is 13.0 Å². The van der Waals surface area contributed by atoms with E-state index in [1.165, 1.54) is 11.1 Å². The van der Waals surface area contributed by atoms with E-state index < -0.39 is 0 Å². The molecule has 4 rings (SSSR count). The van der Waals surface area contributed by atoms with Gasteiger partial charge in [0.15, 0.2) is 0 Å². The second kappa shape index (κ2) is 8.33. The van der Waals surface area contributed by atoms with Gasteiger partial charge in [-0.15, -0.1) is 0 Å². The number of nitrogens with one attached hydrogen (secondary N) is 1. The molecule has 0 saturated carbocycles. The molecule has 2 aromatic carbocycles. The van der Waals surface area contributed by atoms with Gasteiger partial charge < -0.3 is 9.88 Å². The lowest BCUT2D eigenvalue weighted by Crippen LogP contribution is -2.31. The summed E-state index contributed by atoms with van der Waals surface area (Å²) >= 11 is 0. The highest BCUT2D eigenvalue weighted by molar-refractivity contribution is 5.89. The lowest BCUT2D eigenvalue weighted by molar-refractivity contribution is -0.120. The molecule has 1 aliphatic rings. The Bertz CT molecular complexity index is 1050. The molecule has 0 atom stereocenters. The van der Waals surface area contributed by atoms with Crippen LogP contribution in [0.15, 0.2) is 54.7 Å². The Morgan fingerprint density at radius 2 is 1.86 bits per heavy atom. The summed E-state index contributed by atoms with van der Waals surface area (Å²) in [6.45, 7) is 3.14. The average molecular weight is 371 g/mol.